The Morgan fingerprint density at radius 3 is 2.39 bits per heavy atom. The Kier molecular flexibility index (Phi) is 4.53. The molecule has 0 bridgehead atoms. The normalized spacial score (nSPS) is 10.3. The van der Waals surface area contributed by atoms with Crippen LogP contribution in [0.2, 0.25) is 0 Å². The quantitative estimate of drug-likeness (QED) is 0.683. The van der Waals surface area contributed by atoms with Crippen molar-refractivity contribution in [3.05, 3.63) is 101 Å². The van der Waals surface area contributed by atoms with Crippen molar-refractivity contribution in [3.8, 4) is 0 Å². The van der Waals surface area contributed by atoms with Crippen molar-refractivity contribution in [1.29, 1.82) is 0 Å². The van der Waals surface area contributed by atoms with Crippen LogP contribution in [0.3, 0.4) is 0 Å². The van der Waals surface area contributed by atoms with Gasteiger partial charge in [0.2, 0.25) is 0 Å². The molecule has 0 spiro atoms. The van der Waals surface area contributed by atoms with Crippen molar-refractivity contribution in [2.45, 2.75) is 13.5 Å². The van der Waals surface area contributed by atoms with E-state index in [4.69, 9.17) is 0 Å². The fraction of sp³-hybridized carbons (Fsp3) is 0.0952. The molecule has 1 N–H and O–H groups in total. The topological polar surface area (TPSA) is 29.1 Å². The number of nitrogens with one attached hydrogen (secondary N) is 1. The van der Waals surface area contributed by atoms with E-state index in [1.807, 2.05) is 60.7 Å². The largest absolute Gasteiger partial charge is 0.380 e. The maximum absolute atomic E-state index is 12.7. The van der Waals surface area contributed by atoms with Gasteiger partial charge in [0, 0.05) is 23.4 Å². The summed E-state index contributed by atoms with van der Waals surface area (Å²) in [4.78, 5) is 12.7. The standard InChI is InChI=1S/C21H19NO/c1-16-8-7-9-17(14-16)15-22-20-13-6-5-12-19(20)21(23)18-10-3-2-4-11-18/h2-14,22H,15H2,1H3. The minimum Gasteiger partial charge on any atom is -0.380 e. The fourth-order valence-electron chi connectivity index (χ4n) is 2.60. The first kappa shape index (κ1) is 15.0. The van der Waals surface area contributed by atoms with Gasteiger partial charge >= 0.3 is 0 Å². The number of hydrogen-bond donors (Lipinski definition) is 1. The third-order valence-corrected chi connectivity index (χ3v) is 3.77. The zero-order valence-electron chi connectivity index (χ0n) is 13.1. The number of rotatable bonds is 5. The summed E-state index contributed by atoms with van der Waals surface area (Å²) >= 11 is 0. The summed E-state index contributed by atoms with van der Waals surface area (Å²) in [7, 11) is 0. The molecule has 0 aliphatic carbocycles. The van der Waals surface area contributed by atoms with Crippen LogP contribution in [0.4, 0.5) is 5.69 Å². The summed E-state index contributed by atoms with van der Waals surface area (Å²) in [6, 6.07) is 25.4. The maximum atomic E-state index is 12.7. The van der Waals surface area contributed by atoms with E-state index in [9.17, 15) is 4.79 Å². The fourth-order valence-corrected chi connectivity index (χ4v) is 2.60. The van der Waals surface area contributed by atoms with Gasteiger partial charge in [-0.05, 0) is 24.6 Å². The Hall–Kier alpha value is -2.87. The van der Waals surface area contributed by atoms with Crippen molar-refractivity contribution >= 4 is 11.5 Å². The molecule has 0 unspecified atom stereocenters. The Balaban J connectivity index is 1.82. The Morgan fingerprint density at radius 1 is 0.870 bits per heavy atom. The van der Waals surface area contributed by atoms with Gasteiger partial charge in [0.1, 0.15) is 0 Å². The summed E-state index contributed by atoms with van der Waals surface area (Å²) in [6.07, 6.45) is 0. The van der Waals surface area contributed by atoms with E-state index in [1.54, 1.807) is 0 Å². The van der Waals surface area contributed by atoms with Crippen LogP contribution in [0.5, 0.6) is 0 Å². The molecule has 3 aromatic carbocycles. The summed E-state index contributed by atoms with van der Waals surface area (Å²) < 4.78 is 0. The molecule has 114 valence electrons. The van der Waals surface area contributed by atoms with Gasteiger partial charge in [-0.15, -0.1) is 0 Å². The molecule has 23 heavy (non-hydrogen) atoms. The monoisotopic (exact) mass is 301 g/mol. The second-order valence-electron chi connectivity index (χ2n) is 5.58. The highest BCUT2D eigenvalue weighted by atomic mass is 16.1. The first-order valence-corrected chi connectivity index (χ1v) is 7.72. The lowest BCUT2D eigenvalue weighted by Crippen LogP contribution is -2.08. The SMILES string of the molecule is Cc1cccc(CNc2ccccc2C(=O)c2ccccc2)c1. The van der Waals surface area contributed by atoms with E-state index in [2.05, 4.69) is 30.4 Å². The van der Waals surface area contributed by atoms with Crippen LogP contribution in [0.15, 0.2) is 78.9 Å². The predicted octanol–water partition coefficient (Wildman–Crippen LogP) is 4.84. The molecule has 0 fully saturated rings. The molecule has 0 aliphatic rings. The van der Waals surface area contributed by atoms with Crippen LogP contribution in [-0.4, -0.2) is 5.78 Å². The van der Waals surface area contributed by atoms with Gasteiger partial charge in [0.05, 0.1) is 0 Å². The van der Waals surface area contributed by atoms with Gasteiger partial charge in [-0.25, -0.2) is 0 Å². The van der Waals surface area contributed by atoms with Crippen LogP contribution >= 0.6 is 0 Å². The molecular weight excluding hydrogens is 282 g/mol. The number of hydrogen-bond acceptors (Lipinski definition) is 2. The van der Waals surface area contributed by atoms with Gasteiger partial charge in [-0.3, -0.25) is 4.79 Å². The van der Waals surface area contributed by atoms with E-state index < -0.39 is 0 Å². The van der Waals surface area contributed by atoms with Crippen molar-refractivity contribution in [2.24, 2.45) is 0 Å². The molecule has 3 aromatic rings. The number of carbonyl (C=O) groups is 1. The van der Waals surface area contributed by atoms with E-state index >= 15 is 0 Å². The minimum absolute atomic E-state index is 0.0398. The number of carbonyl (C=O) groups excluding carboxylic acids is 1. The first-order valence-electron chi connectivity index (χ1n) is 7.72. The third-order valence-electron chi connectivity index (χ3n) is 3.77. The second-order valence-corrected chi connectivity index (χ2v) is 5.58. The van der Waals surface area contributed by atoms with Crippen molar-refractivity contribution in [1.82, 2.24) is 0 Å². The van der Waals surface area contributed by atoms with Gasteiger partial charge < -0.3 is 5.32 Å². The predicted molar refractivity (Wildman–Crippen MR) is 94.8 cm³/mol. The average molecular weight is 301 g/mol. The minimum atomic E-state index is 0.0398. The lowest BCUT2D eigenvalue weighted by molar-refractivity contribution is 0.103. The van der Waals surface area contributed by atoms with Crippen molar-refractivity contribution in [3.63, 3.8) is 0 Å². The zero-order chi connectivity index (χ0) is 16.1. The molecule has 0 saturated heterocycles. The molecule has 3 rings (SSSR count). The van der Waals surface area contributed by atoms with E-state index in [0.29, 0.717) is 17.7 Å². The van der Waals surface area contributed by atoms with Gasteiger partial charge in [0.15, 0.2) is 5.78 Å². The molecular formula is C21H19NO. The molecule has 0 amide bonds. The summed E-state index contributed by atoms with van der Waals surface area (Å²) in [6.45, 7) is 2.77. The van der Waals surface area contributed by atoms with Gasteiger partial charge in [-0.1, -0.05) is 72.3 Å². The van der Waals surface area contributed by atoms with Crippen LogP contribution in [-0.2, 0) is 6.54 Å². The van der Waals surface area contributed by atoms with Crippen molar-refractivity contribution in [2.75, 3.05) is 5.32 Å². The van der Waals surface area contributed by atoms with E-state index in [0.717, 1.165) is 5.69 Å². The van der Waals surface area contributed by atoms with Gasteiger partial charge in [0.25, 0.3) is 0 Å². The third kappa shape index (κ3) is 3.67. The Labute approximate surface area is 136 Å². The second kappa shape index (κ2) is 6.93. The maximum Gasteiger partial charge on any atom is 0.195 e. The number of para-hydroxylation sites is 1. The lowest BCUT2D eigenvalue weighted by atomic mass is 10.0. The number of benzene rings is 3. The zero-order valence-corrected chi connectivity index (χ0v) is 13.1. The van der Waals surface area contributed by atoms with Crippen LogP contribution < -0.4 is 5.32 Å². The molecule has 0 radical (unpaired) electrons. The highest BCUT2D eigenvalue weighted by molar-refractivity contribution is 6.12. The van der Waals surface area contributed by atoms with Crippen molar-refractivity contribution < 1.29 is 4.79 Å². The molecule has 0 heterocycles. The summed E-state index contributed by atoms with van der Waals surface area (Å²) in [5, 5.41) is 3.39. The molecule has 0 aromatic heterocycles. The summed E-state index contributed by atoms with van der Waals surface area (Å²) in [5.74, 6) is 0.0398. The first-order chi connectivity index (χ1) is 11.2. The average Bonchev–Trinajstić information content (AvgIpc) is 2.60. The van der Waals surface area contributed by atoms with Crippen LogP contribution in [0.1, 0.15) is 27.0 Å². The smallest absolute Gasteiger partial charge is 0.195 e. The number of aryl methyl sites for hydroxylation is 1. The molecule has 0 saturated carbocycles. The molecule has 0 aliphatic heterocycles. The van der Waals surface area contributed by atoms with E-state index in [1.165, 1.54) is 11.1 Å². The molecule has 2 nitrogen and oxygen atoms in total. The Bertz CT molecular complexity index is 809. The van der Waals surface area contributed by atoms with E-state index in [-0.39, 0.29) is 5.78 Å². The number of ketones is 1. The molecule has 2 heteroatoms. The highest BCUT2D eigenvalue weighted by Gasteiger charge is 2.12. The lowest BCUT2D eigenvalue weighted by Gasteiger charge is -2.12. The van der Waals surface area contributed by atoms with Crippen LogP contribution in [0, 0.1) is 6.92 Å². The Morgan fingerprint density at radius 2 is 1.61 bits per heavy atom. The highest BCUT2D eigenvalue weighted by Crippen LogP contribution is 2.20. The summed E-state index contributed by atoms with van der Waals surface area (Å²) in [5.41, 5.74) is 4.71. The number of anilines is 1. The molecule has 0 atom stereocenters. The van der Waals surface area contributed by atoms with Crippen LogP contribution in [0.25, 0.3) is 0 Å². The van der Waals surface area contributed by atoms with Gasteiger partial charge in [-0.2, -0.15) is 0 Å².